The van der Waals surface area contributed by atoms with E-state index in [1.165, 1.54) is 7.11 Å². The van der Waals surface area contributed by atoms with E-state index in [-0.39, 0.29) is 5.97 Å². The number of carbonyl (C=O) groups is 1. The molecular formula is C13H18O3. The fourth-order valence-corrected chi connectivity index (χ4v) is 1.34. The number of esters is 1. The predicted octanol–water partition coefficient (Wildman–Crippen LogP) is 2.72. The van der Waals surface area contributed by atoms with Gasteiger partial charge in [0.1, 0.15) is 0 Å². The van der Waals surface area contributed by atoms with Crippen LogP contribution >= 0.6 is 0 Å². The van der Waals surface area contributed by atoms with Gasteiger partial charge in [0.2, 0.25) is 0 Å². The van der Waals surface area contributed by atoms with E-state index in [9.17, 15) is 4.79 Å². The normalized spacial score (nSPS) is 13.2. The van der Waals surface area contributed by atoms with Gasteiger partial charge < -0.3 is 9.47 Å². The molecule has 1 aromatic rings. The Morgan fingerprint density at radius 2 is 1.75 bits per heavy atom. The molecular weight excluding hydrogens is 204 g/mol. The maximum atomic E-state index is 11.6. The summed E-state index contributed by atoms with van der Waals surface area (Å²) in [5, 5.41) is 0. The lowest BCUT2D eigenvalue weighted by Crippen LogP contribution is -2.28. The third-order valence-corrected chi connectivity index (χ3v) is 1.99. The van der Waals surface area contributed by atoms with Crippen molar-refractivity contribution in [2.24, 2.45) is 0 Å². The van der Waals surface area contributed by atoms with Crippen LogP contribution in [0.15, 0.2) is 30.3 Å². The van der Waals surface area contributed by atoms with E-state index in [4.69, 9.17) is 9.47 Å². The first kappa shape index (κ1) is 12.7. The molecule has 0 saturated heterocycles. The first-order valence-corrected chi connectivity index (χ1v) is 5.24. The molecule has 0 aliphatic heterocycles. The van der Waals surface area contributed by atoms with Crippen molar-refractivity contribution in [1.82, 2.24) is 0 Å². The lowest BCUT2D eigenvalue weighted by Gasteiger charge is -2.26. The predicted molar refractivity (Wildman–Crippen MR) is 62.0 cm³/mol. The van der Waals surface area contributed by atoms with Crippen molar-refractivity contribution in [3.05, 3.63) is 35.9 Å². The highest BCUT2D eigenvalue weighted by atomic mass is 16.6. The van der Waals surface area contributed by atoms with E-state index in [1.54, 1.807) is 0 Å². The summed E-state index contributed by atoms with van der Waals surface area (Å²) in [7, 11) is 1.37. The molecule has 0 aliphatic carbocycles. The summed E-state index contributed by atoms with van der Waals surface area (Å²) < 4.78 is 10.5. The van der Waals surface area contributed by atoms with Crippen molar-refractivity contribution in [3.8, 4) is 0 Å². The Bertz CT molecular complexity index is 338. The van der Waals surface area contributed by atoms with Gasteiger partial charge in [-0.3, -0.25) is 0 Å². The van der Waals surface area contributed by atoms with Crippen LogP contribution in [0.1, 0.15) is 32.4 Å². The van der Waals surface area contributed by atoms with Crippen LogP contribution in [0.25, 0.3) is 0 Å². The van der Waals surface area contributed by atoms with Crippen molar-refractivity contribution < 1.29 is 14.3 Å². The molecule has 0 heterocycles. The van der Waals surface area contributed by atoms with Gasteiger partial charge in [-0.2, -0.15) is 0 Å². The van der Waals surface area contributed by atoms with Gasteiger partial charge in [-0.05, 0) is 26.3 Å². The van der Waals surface area contributed by atoms with E-state index >= 15 is 0 Å². The largest absolute Gasteiger partial charge is 0.467 e. The van der Waals surface area contributed by atoms with Gasteiger partial charge in [-0.1, -0.05) is 30.3 Å². The lowest BCUT2D eigenvalue weighted by atomic mass is 10.1. The highest BCUT2D eigenvalue weighted by Gasteiger charge is 2.27. The van der Waals surface area contributed by atoms with Gasteiger partial charge in [0.05, 0.1) is 12.7 Å². The van der Waals surface area contributed by atoms with E-state index in [0.29, 0.717) is 0 Å². The zero-order chi connectivity index (χ0) is 12.2. The standard InChI is InChI=1S/C13H18O3/c1-13(2,3)16-11(12(14)15-4)10-8-6-5-7-9-10/h5-9,11H,1-4H3. The molecule has 0 aliphatic rings. The van der Waals surface area contributed by atoms with Gasteiger partial charge in [-0.15, -0.1) is 0 Å². The maximum absolute atomic E-state index is 11.6. The number of carbonyl (C=O) groups excluding carboxylic acids is 1. The Morgan fingerprint density at radius 3 is 2.19 bits per heavy atom. The second-order valence-corrected chi connectivity index (χ2v) is 4.54. The fraction of sp³-hybridized carbons (Fsp3) is 0.462. The van der Waals surface area contributed by atoms with E-state index in [2.05, 4.69) is 0 Å². The van der Waals surface area contributed by atoms with Crippen LogP contribution in [0.3, 0.4) is 0 Å². The molecule has 3 nitrogen and oxygen atoms in total. The Labute approximate surface area is 96.4 Å². The Morgan fingerprint density at radius 1 is 1.19 bits per heavy atom. The monoisotopic (exact) mass is 222 g/mol. The zero-order valence-corrected chi connectivity index (χ0v) is 10.2. The minimum atomic E-state index is -0.661. The summed E-state index contributed by atoms with van der Waals surface area (Å²) in [5.74, 6) is -0.374. The number of hydrogen-bond donors (Lipinski definition) is 0. The van der Waals surface area contributed by atoms with Crippen LogP contribution in [0.4, 0.5) is 0 Å². The third-order valence-electron chi connectivity index (χ3n) is 1.99. The summed E-state index contributed by atoms with van der Waals surface area (Å²) >= 11 is 0. The number of ether oxygens (including phenoxy) is 2. The van der Waals surface area contributed by atoms with Crippen molar-refractivity contribution >= 4 is 5.97 Å². The van der Waals surface area contributed by atoms with E-state index in [1.807, 2.05) is 51.1 Å². The van der Waals surface area contributed by atoms with Crippen LogP contribution in [-0.4, -0.2) is 18.7 Å². The van der Waals surface area contributed by atoms with Crippen molar-refractivity contribution in [3.63, 3.8) is 0 Å². The molecule has 0 radical (unpaired) electrons. The minimum Gasteiger partial charge on any atom is -0.467 e. The molecule has 1 aromatic carbocycles. The molecule has 1 unspecified atom stereocenters. The van der Waals surface area contributed by atoms with Gasteiger partial charge >= 0.3 is 5.97 Å². The van der Waals surface area contributed by atoms with Crippen LogP contribution in [0.5, 0.6) is 0 Å². The van der Waals surface area contributed by atoms with E-state index < -0.39 is 11.7 Å². The molecule has 88 valence electrons. The summed E-state index contributed by atoms with van der Waals surface area (Å²) in [6.07, 6.45) is -0.661. The minimum absolute atomic E-state index is 0.374. The average Bonchev–Trinajstić information content (AvgIpc) is 2.25. The van der Waals surface area contributed by atoms with Gasteiger partial charge in [0.25, 0.3) is 0 Å². The van der Waals surface area contributed by atoms with Crippen molar-refractivity contribution in [1.29, 1.82) is 0 Å². The quantitative estimate of drug-likeness (QED) is 0.738. The molecule has 0 spiro atoms. The molecule has 0 amide bonds. The topological polar surface area (TPSA) is 35.5 Å². The van der Waals surface area contributed by atoms with Crippen LogP contribution < -0.4 is 0 Å². The average molecular weight is 222 g/mol. The Hall–Kier alpha value is -1.35. The Balaban J connectivity index is 2.93. The number of hydrogen-bond acceptors (Lipinski definition) is 3. The molecule has 0 bridgehead atoms. The SMILES string of the molecule is COC(=O)C(OC(C)(C)C)c1ccccc1. The summed E-state index contributed by atoms with van der Waals surface area (Å²) in [6.45, 7) is 5.73. The first-order valence-electron chi connectivity index (χ1n) is 5.24. The molecule has 3 heteroatoms. The van der Waals surface area contributed by atoms with Gasteiger partial charge in [0, 0.05) is 0 Å². The first-order chi connectivity index (χ1) is 7.44. The third kappa shape index (κ3) is 3.66. The fourth-order valence-electron chi connectivity index (χ4n) is 1.34. The molecule has 16 heavy (non-hydrogen) atoms. The highest BCUT2D eigenvalue weighted by molar-refractivity contribution is 5.76. The molecule has 1 rings (SSSR count). The molecule has 0 saturated carbocycles. The molecule has 1 atom stereocenters. The van der Waals surface area contributed by atoms with Crippen molar-refractivity contribution in [2.75, 3.05) is 7.11 Å². The Kier molecular flexibility index (Phi) is 4.07. The second kappa shape index (κ2) is 5.12. The van der Waals surface area contributed by atoms with Crippen LogP contribution in [0.2, 0.25) is 0 Å². The van der Waals surface area contributed by atoms with Crippen LogP contribution in [-0.2, 0) is 14.3 Å². The number of benzene rings is 1. The van der Waals surface area contributed by atoms with E-state index in [0.717, 1.165) is 5.56 Å². The summed E-state index contributed by atoms with van der Waals surface area (Å²) in [5.41, 5.74) is 0.415. The summed E-state index contributed by atoms with van der Waals surface area (Å²) in [4.78, 5) is 11.6. The second-order valence-electron chi connectivity index (χ2n) is 4.54. The molecule has 0 N–H and O–H groups in total. The lowest BCUT2D eigenvalue weighted by molar-refractivity contribution is -0.164. The summed E-state index contributed by atoms with van der Waals surface area (Å²) in [6, 6.07) is 9.35. The number of methoxy groups -OCH3 is 1. The maximum Gasteiger partial charge on any atom is 0.339 e. The number of rotatable bonds is 3. The van der Waals surface area contributed by atoms with Gasteiger partial charge in [0.15, 0.2) is 6.10 Å². The van der Waals surface area contributed by atoms with Crippen molar-refractivity contribution in [2.45, 2.75) is 32.5 Å². The molecule has 0 aromatic heterocycles. The smallest absolute Gasteiger partial charge is 0.339 e. The zero-order valence-electron chi connectivity index (χ0n) is 10.2. The van der Waals surface area contributed by atoms with Gasteiger partial charge in [-0.25, -0.2) is 4.79 Å². The molecule has 0 fully saturated rings. The van der Waals surface area contributed by atoms with Crippen LogP contribution in [0, 0.1) is 0 Å². The highest BCUT2D eigenvalue weighted by Crippen LogP contribution is 2.24.